The van der Waals surface area contributed by atoms with Gasteiger partial charge in [0.25, 0.3) is 0 Å². The van der Waals surface area contributed by atoms with E-state index in [0.717, 1.165) is 25.9 Å². The van der Waals surface area contributed by atoms with Crippen molar-refractivity contribution in [1.29, 1.82) is 0 Å². The number of benzene rings is 1. The fourth-order valence-electron chi connectivity index (χ4n) is 2.20. The van der Waals surface area contributed by atoms with Crippen molar-refractivity contribution in [3.05, 3.63) is 35.9 Å². The lowest BCUT2D eigenvalue weighted by Crippen LogP contribution is -2.43. The zero-order valence-electron chi connectivity index (χ0n) is 9.26. The van der Waals surface area contributed by atoms with Crippen LogP contribution in [0.1, 0.15) is 25.3 Å². The maximum absolute atomic E-state index is 9.63. The number of hydrogen-bond donors (Lipinski definition) is 1. The van der Waals surface area contributed by atoms with Crippen molar-refractivity contribution in [3.63, 3.8) is 0 Å². The first kappa shape index (κ1) is 10.7. The van der Waals surface area contributed by atoms with Gasteiger partial charge in [0, 0.05) is 19.1 Å². The highest BCUT2D eigenvalue weighted by Crippen LogP contribution is 2.19. The Kier molecular flexibility index (Phi) is 3.39. The standard InChI is InChI=1S/C13H19NO/c1-11-7-8-13(15)10-14(11)9-12-5-3-2-4-6-12/h2-6,11,13,15H,7-10H2,1H3/t11-,13-/m0/s1. The number of likely N-dealkylation sites (tertiary alicyclic amines) is 1. The highest BCUT2D eigenvalue weighted by atomic mass is 16.3. The fourth-order valence-corrected chi connectivity index (χ4v) is 2.20. The molecule has 0 saturated carbocycles. The van der Waals surface area contributed by atoms with Crippen molar-refractivity contribution in [2.75, 3.05) is 6.54 Å². The van der Waals surface area contributed by atoms with Crippen LogP contribution in [0.25, 0.3) is 0 Å². The second kappa shape index (κ2) is 4.77. The maximum atomic E-state index is 9.63. The third kappa shape index (κ3) is 2.80. The topological polar surface area (TPSA) is 23.5 Å². The predicted octanol–water partition coefficient (Wildman–Crippen LogP) is 2.03. The van der Waals surface area contributed by atoms with Gasteiger partial charge < -0.3 is 5.11 Å². The second-order valence-corrected chi connectivity index (χ2v) is 4.50. The Bertz CT molecular complexity index is 299. The smallest absolute Gasteiger partial charge is 0.0668 e. The van der Waals surface area contributed by atoms with Crippen LogP contribution in [0.2, 0.25) is 0 Å². The summed E-state index contributed by atoms with van der Waals surface area (Å²) in [5.74, 6) is 0. The minimum atomic E-state index is -0.134. The van der Waals surface area contributed by atoms with Crippen LogP contribution in [0.15, 0.2) is 30.3 Å². The van der Waals surface area contributed by atoms with Gasteiger partial charge in [-0.1, -0.05) is 30.3 Å². The molecule has 1 aromatic carbocycles. The molecule has 0 amide bonds. The van der Waals surface area contributed by atoms with Crippen LogP contribution in [0.5, 0.6) is 0 Å². The molecule has 15 heavy (non-hydrogen) atoms. The predicted molar refractivity (Wildman–Crippen MR) is 61.6 cm³/mol. The summed E-state index contributed by atoms with van der Waals surface area (Å²) in [4.78, 5) is 2.36. The SMILES string of the molecule is C[C@H]1CC[C@H](O)CN1Cc1ccccc1. The average molecular weight is 205 g/mol. The summed E-state index contributed by atoms with van der Waals surface area (Å²) in [5.41, 5.74) is 1.33. The van der Waals surface area contributed by atoms with E-state index in [9.17, 15) is 5.11 Å². The molecule has 2 atom stereocenters. The van der Waals surface area contributed by atoms with Crippen LogP contribution in [-0.4, -0.2) is 28.7 Å². The van der Waals surface area contributed by atoms with E-state index >= 15 is 0 Å². The van der Waals surface area contributed by atoms with Crippen molar-refractivity contribution in [2.45, 2.75) is 38.5 Å². The molecule has 1 N–H and O–H groups in total. The number of piperidine rings is 1. The molecule has 2 nitrogen and oxygen atoms in total. The summed E-state index contributed by atoms with van der Waals surface area (Å²) < 4.78 is 0. The van der Waals surface area contributed by atoms with Crippen LogP contribution in [0.4, 0.5) is 0 Å². The van der Waals surface area contributed by atoms with Gasteiger partial charge in [0.05, 0.1) is 6.10 Å². The number of aliphatic hydroxyl groups is 1. The van der Waals surface area contributed by atoms with E-state index in [1.54, 1.807) is 0 Å². The zero-order valence-corrected chi connectivity index (χ0v) is 9.26. The van der Waals surface area contributed by atoms with Crippen molar-refractivity contribution >= 4 is 0 Å². The van der Waals surface area contributed by atoms with E-state index in [-0.39, 0.29) is 6.10 Å². The molecule has 0 unspecified atom stereocenters. The molecule has 0 aromatic heterocycles. The third-order valence-corrected chi connectivity index (χ3v) is 3.21. The van der Waals surface area contributed by atoms with Gasteiger partial charge >= 0.3 is 0 Å². The highest BCUT2D eigenvalue weighted by molar-refractivity contribution is 5.14. The summed E-state index contributed by atoms with van der Waals surface area (Å²) >= 11 is 0. The Balaban J connectivity index is 1.98. The molecule has 1 fully saturated rings. The van der Waals surface area contributed by atoms with E-state index in [1.807, 2.05) is 6.07 Å². The Morgan fingerprint density at radius 2 is 2.00 bits per heavy atom. The summed E-state index contributed by atoms with van der Waals surface area (Å²) in [7, 11) is 0. The Labute approximate surface area is 91.5 Å². The lowest BCUT2D eigenvalue weighted by atomic mass is 10.0. The first-order valence-electron chi connectivity index (χ1n) is 5.72. The van der Waals surface area contributed by atoms with Gasteiger partial charge in [0.15, 0.2) is 0 Å². The molecule has 2 rings (SSSR count). The first-order valence-corrected chi connectivity index (χ1v) is 5.72. The summed E-state index contributed by atoms with van der Waals surface area (Å²) in [5, 5.41) is 9.63. The molecule has 2 heteroatoms. The number of β-amino-alcohol motifs (C(OH)–C–C–N with tert-alkyl or cyclic N) is 1. The van der Waals surface area contributed by atoms with Crippen LogP contribution in [0, 0.1) is 0 Å². The average Bonchev–Trinajstić information content (AvgIpc) is 2.25. The van der Waals surface area contributed by atoms with Crippen molar-refractivity contribution in [2.24, 2.45) is 0 Å². The molecule has 1 aromatic rings. The van der Waals surface area contributed by atoms with E-state index in [1.165, 1.54) is 5.56 Å². The van der Waals surface area contributed by atoms with E-state index in [2.05, 4.69) is 36.1 Å². The normalized spacial score (nSPS) is 27.9. The van der Waals surface area contributed by atoms with Gasteiger partial charge in [-0.25, -0.2) is 0 Å². The molecule has 1 saturated heterocycles. The number of rotatable bonds is 2. The second-order valence-electron chi connectivity index (χ2n) is 4.50. The molecular formula is C13H19NO. The quantitative estimate of drug-likeness (QED) is 0.798. The molecule has 82 valence electrons. The monoisotopic (exact) mass is 205 g/mol. The Hall–Kier alpha value is -0.860. The molecular weight excluding hydrogens is 186 g/mol. The molecule has 0 radical (unpaired) electrons. The highest BCUT2D eigenvalue weighted by Gasteiger charge is 2.23. The largest absolute Gasteiger partial charge is 0.392 e. The first-order chi connectivity index (χ1) is 7.25. The van der Waals surface area contributed by atoms with Crippen molar-refractivity contribution < 1.29 is 5.11 Å². The van der Waals surface area contributed by atoms with Gasteiger partial charge in [0.1, 0.15) is 0 Å². The summed E-state index contributed by atoms with van der Waals surface area (Å²) in [6, 6.07) is 11.1. The molecule has 0 bridgehead atoms. The van der Waals surface area contributed by atoms with Gasteiger partial charge in [0.2, 0.25) is 0 Å². The zero-order chi connectivity index (χ0) is 10.7. The Morgan fingerprint density at radius 3 is 2.73 bits per heavy atom. The number of hydrogen-bond acceptors (Lipinski definition) is 2. The molecule has 0 spiro atoms. The fraction of sp³-hybridized carbons (Fsp3) is 0.538. The Morgan fingerprint density at radius 1 is 1.27 bits per heavy atom. The third-order valence-electron chi connectivity index (χ3n) is 3.21. The lowest BCUT2D eigenvalue weighted by Gasteiger charge is -2.36. The molecule has 1 aliphatic heterocycles. The molecule has 1 heterocycles. The van der Waals surface area contributed by atoms with Crippen LogP contribution < -0.4 is 0 Å². The molecule has 1 aliphatic rings. The van der Waals surface area contributed by atoms with Gasteiger partial charge in [-0.3, -0.25) is 4.90 Å². The van der Waals surface area contributed by atoms with Crippen LogP contribution >= 0.6 is 0 Å². The summed E-state index contributed by atoms with van der Waals surface area (Å²) in [6.45, 7) is 4.02. The van der Waals surface area contributed by atoms with Crippen LogP contribution in [0.3, 0.4) is 0 Å². The van der Waals surface area contributed by atoms with E-state index in [0.29, 0.717) is 6.04 Å². The number of nitrogens with zero attached hydrogens (tertiary/aromatic N) is 1. The van der Waals surface area contributed by atoms with Crippen molar-refractivity contribution in [3.8, 4) is 0 Å². The van der Waals surface area contributed by atoms with Gasteiger partial charge in [-0.15, -0.1) is 0 Å². The maximum Gasteiger partial charge on any atom is 0.0668 e. The number of aliphatic hydroxyl groups excluding tert-OH is 1. The molecule has 0 aliphatic carbocycles. The minimum Gasteiger partial charge on any atom is -0.392 e. The van der Waals surface area contributed by atoms with Crippen LogP contribution in [-0.2, 0) is 6.54 Å². The summed E-state index contributed by atoms with van der Waals surface area (Å²) in [6.07, 6.45) is 1.92. The van der Waals surface area contributed by atoms with Gasteiger partial charge in [-0.2, -0.15) is 0 Å². The van der Waals surface area contributed by atoms with E-state index in [4.69, 9.17) is 0 Å². The lowest BCUT2D eigenvalue weighted by molar-refractivity contribution is 0.0365. The van der Waals surface area contributed by atoms with Gasteiger partial charge in [-0.05, 0) is 25.3 Å². The van der Waals surface area contributed by atoms with E-state index < -0.39 is 0 Å². The van der Waals surface area contributed by atoms with Crippen molar-refractivity contribution in [1.82, 2.24) is 4.90 Å². The minimum absolute atomic E-state index is 0.134.